The molecule has 5 nitrogen and oxygen atoms in total. The minimum absolute atomic E-state index is 0.0544. The summed E-state index contributed by atoms with van der Waals surface area (Å²) in [5.74, 6) is -0.289. The molecule has 1 N–H and O–H groups in total. The lowest BCUT2D eigenvalue weighted by molar-refractivity contribution is -0.148. The predicted molar refractivity (Wildman–Crippen MR) is 66.0 cm³/mol. The molecule has 5 heteroatoms. The Hall–Kier alpha value is -0.650. The number of carbonyl (C=O) groups excluding carboxylic acids is 1. The molecule has 0 radical (unpaired) electrons. The number of likely N-dealkylation sites (N-methyl/N-ethyl adjacent to an activating group) is 1. The van der Waals surface area contributed by atoms with Gasteiger partial charge in [0.2, 0.25) is 0 Å². The van der Waals surface area contributed by atoms with Gasteiger partial charge in [0.05, 0.1) is 13.2 Å². The number of nitrogens with zero attached hydrogens (tertiary/aromatic N) is 1. The zero-order valence-electron chi connectivity index (χ0n) is 10.9. The maximum absolute atomic E-state index is 11.0. The summed E-state index contributed by atoms with van der Waals surface area (Å²) in [6.45, 7) is 5.79. The van der Waals surface area contributed by atoms with Crippen molar-refractivity contribution in [1.82, 2.24) is 10.2 Å². The Balaban J connectivity index is 1.89. The Morgan fingerprint density at radius 1 is 1.53 bits per heavy atom. The van der Waals surface area contributed by atoms with Gasteiger partial charge in [-0.1, -0.05) is 0 Å². The lowest BCUT2D eigenvalue weighted by Gasteiger charge is -2.19. The van der Waals surface area contributed by atoms with Crippen LogP contribution in [0.2, 0.25) is 0 Å². The van der Waals surface area contributed by atoms with Gasteiger partial charge in [-0.15, -0.1) is 0 Å². The average Bonchev–Trinajstić information content (AvgIpc) is 2.70. The van der Waals surface area contributed by atoms with E-state index in [2.05, 4.69) is 17.3 Å². The smallest absolute Gasteiger partial charge is 0.332 e. The summed E-state index contributed by atoms with van der Waals surface area (Å²) in [7, 11) is 2.16. The number of likely N-dealkylation sites (tertiary alicyclic amines) is 1. The van der Waals surface area contributed by atoms with Gasteiger partial charge >= 0.3 is 5.97 Å². The quantitative estimate of drug-likeness (QED) is 0.490. The fourth-order valence-corrected chi connectivity index (χ4v) is 2.01. The zero-order valence-corrected chi connectivity index (χ0v) is 10.9. The molecule has 1 fully saturated rings. The number of carbonyl (C=O) groups is 1. The Morgan fingerprint density at radius 3 is 3.00 bits per heavy atom. The van der Waals surface area contributed by atoms with Crippen molar-refractivity contribution in [1.29, 1.82) is 0 Å². The van der Waals surface area contributed by atoms with E-state index >= 15 is 0 Å². The van der Waals surface area contributed by atoms with Gasteiger partial charge in [-0.25, -0.2) is 4.79 Å². The van der Waals surface area contributed by atoms with E-state index in [1.54, 1.807) is 6.92 Å². The first-order chi connectivity index (χ1) is 8.24. The third kappa shape index (κ3) is 6.00. The van der Waals surface area contributed by atoms with Crippen molar-refractivity contribution >= 4 is 5.97 Å². The van der Waals surface area contributed by atoms with Crippen LogP contribution in [0.25, 0.3) is 0 Å². The molecule has 0 bridgehead atoms. The second kappa shape index (κ2) is 8.44. The van der Waals surface area contributed by atoms with E-state index in [1.807, 2.05) is 0 Å². The molecule has 0 aromatic carbocycles. The molecule has 17 heavy (non-hydrogen) atoms. The summed E-state index contributed by atoms with van der Waals surface area (Å²) in [5, 5.41) is 3.34. The summed E-state index contributed by atoms with van der Waals surface area (Å²) in [6.07, 6.45) is 2.56. The SMILES string of the molecule is CCOC(=O)COCCNCC1CCCN1C. The van der Waals surface area contributed by atoms with Gasteiger partial charge in [0.1, 0.15) is 6.61 Å². The first kappa shape index (κ1) is 14.4. The highest BCUT2D eigenvalue weighted by atomic mass is 16.6. The number of ether oxygens (including phenoxy) is 2. The lowest BCUT2D eigenvalue weighted by Crippen LogP contribution is -2.36. The van der Waals surface area contributed by atoms with Crippen molar-refractivity contribution in [2.45, 2.75) is 25.8 Å². The van der Waals surface area contributed by atoms with Crippen LogP contribution < -0.4 is 5.32 Å². The van der Waals surface area contributed by atoms with Crippen LogP contribution >= 0.6 is 0 Å². The Morgan fingerprint density at radius 2 is 2.35 bits per heavy atom. The van der Waals surface area contributed by atoms with E-state index in [1.165, 1.54) is 19.4 Å². The molecule has 0 saturated carbocycles. The first-order valence-electron chi connectivity index (χ1n) is 6.38. The van der Waals surface area contributed by atoms with Crippen LogP contribution in [0.4, 0.5) is 0 Å². The molecule has 1 rings (SSSR count). The molecule has 0 aliphatic carbocycles. The van der Waals surface area contributed by atoms with Gasteiger partial charge in [0.15, 0.2) is 0 Å². The third-order valence-corrected chi connectivity index (χ3v) is 3.00. The minimum atomic E-state index is -0.289. The van der Waals surface area contributed by atoms with Crippen molar-refractivity contribution in [2.24, 2.45) is 0 Å². The summed E-state index contributed by atoms with van der Waals surface area (Å²) in [6, 6.07) is 0.653. The fourth-order valence-electron chi connectivity index (χ4n) is 2.01. The van der Waals surface area contributed by atoms with Gasteiger partial charge in [-0.3, -0.25) is 0 Å². The molecule has 100 valence electrons. The van der Waals surface area contributed by atoms with E-state index in [0.29, 0.717) is 19.3 Å². The van der Waals surface area contributed by atoms with E-state index < -0.39 is 0 Å². The van der Waals surface area contributed by atoms with Crippen LogP contribution in [0.3, 0.4) is 0 Å². The molecule has 0 amide bonds. The normalized spacial score (nSPS) is 20.7. The molecule has 1 aliphatic rings. The summed E-state index contributed by atoms with van der Waals surface area (Å²) < 4.78 is 9.94. The standard InChI is InChI=1S/C12H24N2O3/c1-3-17-12(15)10-16-8-6-13-9-11-5-4-7-14(11)2/h11,13H,3-10H2,1-2H3. The van der Waals surface area contributed by atoms with Crippen LogP contribution in [0.1, 0.15) is 19.8 Å². The van der Waals surface area contributed by atoms with E-state index in [0.717, 1.165) is 13.1 Å². The van der Waals surface area contributed by atoms with E-state index in [4.69, 9.17) is 9.47 Å². The molecule has 1 heterocycles. The monoisotopic (exact) mass is 244 g/mol. The third-order valence-electron chi connectivity index (χ3n) is 3.00. The van der Waals surface area contributed by atoms with E-state index in [-0.39, 0.29) is 12.6 Å². The number of hydrogen-bond donors (Lipinski definition) is 1. The molecular weight excluding hydrogens is 220 g/mol. The number of hydrogen-bond acceptors (Lipinski definition) is 5. The van der Waals surface area contributed by atoms with E-state index in [9.17, 15) is 4.79 Å². The Labute approximate surface area is 103 Å². The first-order valence-corrected chi connectivity index (χ1v) is 6.38. The average molecular weight is 244 g/mol. The van der Waals surface area contributed by atoms with Gasteiger partial charge in [-0.05, 0) is 33.4 Å². The molecule has 1 aliphatic heterocycles. The van der Waals surface area contributed by atoms with Gasteiger partial charge in [0, 0.05) is 19.1 Å². The molecule has 1 atom stereocenters. The summed E-state index contributed by atoms with van der Waals surface area (Å²) in [4.78, 5) is 13.3. The van der Waals surface area contributed by atoms with Crippen molar-refractivity contribution in [3.05, 3.63) is 0 Å². The second-order valence-electron chi connectivity index (χ2n) is 4.34. The van der Waals surface area contributed by atoms with Crippen molar-refractivity contribution in [2.75, 3.05) is 46.5 Å². The number of rotatable bonds is 8. The Kier molecular flexibility index (Phi) is 7.16. The highest BCUT2D eigenvalue weighted by molar-refractivity contribution is 5.70. The maximum atomic E-state index is 11.0. The van der Waals surface area contributed by atoms with Crippen LogP contribution in [0, 0.1) is 0 Å². The predicted octanol–water partition coefficient (Wildman–Crippen LogP) is 0.250. The summed E-state index contributed by atoms with van der Waals surface area (Å²) in [5.41, 5.74) is 0. The molecule has 0 aromatic rings. The van der Waals surface area contributed by atoms with Gasteiger partial charge in [-0.2, -0.15) is 0 Å². The molecule has 1 unspecified atom stereocenters. The van der Waals surface area contributed by atoms with Crippen LogP contribution in [-0.4, -0.2) is 63.4 Å². The largest absolute Gasteiger partial charge is 0.464 e. The second-order valence-corrected chi connectivity index (χ2v) is 4.34. The van der Waals surface area contributed by atoms with Gasteiger partial charge in [0.25, 0.3) is 0 Å². The summed E-state index contributed by atoms with van der Waals surface area (Å²) >= 11 is 0. The van der Waals surface area contributed by atoms with Crippen LogP contribution in [-0.2, 0) is 14.3 Å². The van der Waals surface area contributed by atoms with Crippen molar-refractivity contribution in [3.8, 4) is 0 Å². The Bertz CT molecular complexity index is 224. The van der Waals surface area contributed by atoms with Gasteiger partial charge < -0.3 is 19.7 Å². The lowest BCUT2D eigenvalue weighted by atomic mass is 10.2. The number of nitrogens with one attached hydrogen (secondary N) is 1. The van der Waals surface area contributed by atoms with Crippen molar-refractivity contribution in [3.63, 3.8) is 0 Å². The number of esters is 1. The molecular formula is C12H24N2O3. The highest BCUT2D eigenvalue weighted by Crippen LogP contribution is 2.13. The van der Waals surface area contributed by atoms with Crippen LogP contribution in [0.15, 0.2) is 0 Å². The molecule has 1 saturated heterocycles. The highest BCUT2D eigenvalue weighted by Gasteiger charge is 2.19. The van der Waals surface area contributed by atoms with Crippen LogP contribution in [0.5, 0.6) is 0 Å². The minimum Gasteiger partial charge on any atom is -0.464 e. The molecule has 0 aromatic heterocycles. The van der Waals surface area contributed by atoms with Crippen molar-refractivity contribution < 1.29 is 14.3 Å². The fraction of sp³-hybridized carbons (Fsp3) is 0.917. The molecule has 0 spiro atoms. The topological polar surface area (TPSA) is 50.8 Å². The maximum Gasteiger partial charge on any atom is 0.332 e. The zero-order chi connectivity index (χ0) is 12.5.